The number of halogens is 2. The molecule has 1 amide bonds. The first-order valence-electron chi connectivity index (χ1n) is 8.25. The Morgan fingerprint density at radius 1 is 1.31 bits per heavy atom. The fraction of sp³-hybridized carbons (Fsp3) is 0.316. The average Bonchev–Trinajstić information content (AvgIpc) is 3.14. The van der Waals surface area contributed by atoms with Crippen molar-refractivity contribution in [1.29, 1.82) is 0 Å². The summed E-state index contributed by atoms with van der Waals surface area (Å²) in [7, 11) is 1.52. The van der Waals surface area contributed by atoms with Crippen molar-refractivity contribution in [3.8, 4) is 11.5 Å². The summed E-state index contributed by atoms with van der Waals surface area (Å²) in [4.78, 5) is 12.7. The van der Waals surface area contributed by atoms with Gasteiger partial charge >= 0.3 is 0 Å². The van der Waals surface area contributed by atoms with Crippen molar-refractivity contribution in [2.24, 2.45) is 0 Å². The molecule has 2 aromatic rings. The molecule has 0 aliphatic carbocycles. The van der Waals surface area contributed by atoms with E-state index in [0.29, 0.717) is 34.4 Å². The highest BCUT2D eigenvalue weighted by Crippen LogP contribution is 2.31. The van der Waals surface area contributed by atoms with Gasteiger partial charge in [-0.1, -0.05) is 27.5 Å². The molecule has 3 rings (SSSR count). The van der Waals surface area contributed by atoms with Crippen LogP contribution in [0.5, 0.6) is 11.5 Å². The van der Waals surface area contributed by atoms with Gasteiger partial charge in [-0.3, -0.25) is 4.79 Å². The van der Waals surface area contributed by atoms with Crippen LogP contribution in [0.2, 0.25) is 5.02 Å². The Kier molecular flexibility index (Phi) is 6.40. The maximum Gasteiger partial charge on any atom is 0.259 e. The van der Waals surface area contributed by atoms with Gasteiger partial charge in [0.25, 0.3) is 5.91 Å². The van der Waals surface area contributed by atoms with Crippen molar-refractivity contribution in [3.63, 3.8) is 0 Å². The highest BCUT2D eigenvalue weighted by atomic mass is 79.9. The monoisotopic (exact) mass is 439 g/mol. The molecular weight excluding hydrogens is 422 g/mol. The molecule has 0 aromatic heterocycles. The van der Waals surface area contributed by atoms with Crippen molar-refractivity contribution in [3.05, 3.63) is 51.5 Å². The summed E-state index contributed by atoms with van der Waals surface area (Å²) in [6.45, 7) is 1.20. The maximum atomic E-state index is 12.7. The molecule has 1 fully saturated rings. The average molecular weight is 441 g/mol. The Bertz CT molecular complexity index is 793. The van der Waals surface area contributed by atoms with Gasteiger partial charge in [-0.15, -0.1) is 0 Å². The molecule has 0 radical (unpaired) electrons. The zero-order chi connectivity index (χ0) is 18.5. The van der Waals surface area contributed by atoms with Gasteiger partial charge in [-0.2, -0.15) is 0 Å². The SMILES string of the molecule is COc1ccc(Br)cc1C(=O)Nc1cc(Cl)ccc1OC[C@@H]1CCCO1. The summed E-state index contributed by atoms with van der Waals surface area (Å²) in [5.74, 6) is 0.717. The molecule has 0 saturated carbocycles. The van der Waals surface area contributed by atoms with Crippen LogP contribution in [0.25, 0.3) is 0 Å². The normalized spacial score (nSPS) is 16.3. The second kappa shape index (κ2) is 8.75. The molecule has 1 saturated heterocycles. The lowest BCUT2D eigenvalue weighted by atomic mass is 10.1. The predicted molar refractivity (Wildman–Crippen MR) is 105 cm³/mol. The van der Waals surface area contributed by atoms with Gasteiger partial charge in [0.1, 0.15) is 18.1 Å². The molecule has 1 atom stereocenters. The number of hydrogen-bond acceptors (Lipinski definition) is 4. The van der Waals surface area contributed by atoms with Gasteiger partial charge in [-0.25, -0.2) is 0 Å². The third-order valence-corrected chi connectivity index (χ3v) is 4.77. The molecule has 1 N–H and O–H groups in total. The lowest BCUT2D eigenvalue weighted by Gasteiger charge is -2.16. The standard InChI is InChI=1S/C19H19BrClNO4/c1-24-17-6-4-12(20)9-15(17)19(23)22-16-10-13(21)5-7-18(16)26-11-14-3-2-8-25-14/h4-7,9-10,14H,2-3,8,11H2,1H3,(H,22,23)/t14-/m0/s1. The molecule has 0 unspecified atom stereocenters. The highest BCUT2D eigenvalue weighted by Gasteiger charge is 2.19. The van der Waals surface area contributed by atoms with E-state index in [1.54, 1.807) is 30.3 Å². The minimum absolute atomic E-state index is 0.0828. The minimum atomic E-state index is -0.313. The van der Waals surface area contributed by atoms with Crippen molar-refractivity contribution in [2.45, 2.75) is 18.9 Å². The first-order valence-corrected chi connectivity index (χ1v) is 9.43. The molecule has 1 aliphatic heterocycles. The Balaban J connectivity index is 1.78. The maximum absolute atomic E-state index is 12.7. The van der Waals surface area contributed by atoms with Crippen LogP contribution in [0.3, 0.4) is 0 Å². The zero-order valence-corrected chi connectivity index (χ0v) is 16.6. The molecule has 0 spiro atoms. The number of hydrogen-bond donors (Lipinski definition) is 1. The second-order valence-electron chi connectivity index (χ2n) is 5.89. The van der Waals surface area contributed by atoms with Crippen LogP contribution in [0.1, 0.15) is 23.2 Å². The molecule has 2 aromatic carbocycles. The molecule has 7 heteroatoms. The Morgan fingerprint density at radius 3 is 2.85 bits per heavy atom. The molecule has 138 valence electrons. The number of anilines is 1. The third-order valence-electron chi connectivity index (χ3n) is 4.04. The zero-order valence-electron chi connectivity index (χ0n) is 14.3. The number of methoxy groups -OCH3 is 1. The number of nitrogens with one attached hydrogen (secondary N) is 1. The van der Waals surface area contributed by atoms with Gasteiger partial charge < -0.3 is 19.5 Å². The molecule has 1 heterocycles. The first kappa shape index (κ1) is 19.0. The van der Waals surface area contributed by atoms with Gasteiger partial charge in [-0.05, 0) is 49.2 Å². The van der Waals surface area contributed by atoms with Crippen LogP contribution < -0.4 is 14.8 Å². The number of benzene rings is 2. The topological polar surface area (TPSA) is 56.8 Å². The fourth-order valence-electron chi connectivity index (χ4n) is 2.73. The van der Waals surface area contributed by atoms with Crippen molar-refractivity contribution >= 4 is 39.1 Å². The van der Waals surface area contributed by atoms with E-state index in [9.17, 15) is 4.79 Å². The number of carbonyl (C=O) groups is 1. The minimum Gasteiger partial charge on any atom is -0.496 e. The van der Waals surface area contributed by atoms with Gasteiger partial charge in [0.05, 0.1) is 24.5 Å². The summed E-state index contributed by atoms with van der Waals surface area (Å²) in [6.07, 6.45) is 2.10. The van der Waals surface area contributed by atoms with Crippen molar-refractivity contribution in [1.82, 2.24) is 0 Å². The van der Waals surface area contributed by atoms with Crippen LogP contribution in [0.4, 0.5) is 5.69 Å². The van der Waals surface area contributed by atoms with E-state index in [1.165, 1.54) is 7.11 Å². The van der Waals surface area contributed by atoms with Crippen LogP contribution in [0, 0.1) is 0 Å². The number of ether oxygens (including phenoxy) is 3. The van der Waals surface area contributed by atoms with E-state index in [4.69, 9.17) is 25.8 Å². The van der Waals surface area contributed by atoms with E-state index in [1.807, 2.05) is 6.07 Å². The van der Waals surface area contributed by atoms with Crippen molar-refractivity contribution < 1.29 is 19.0 Å². The summed E-state index contributed by atoms with van der Waals surface area (Å²) < 4.78 is 17.5. The van der Waals surface area contributed by atoms with E-state index in [2.05, 4.69) is 21.2 Å². The van der Waals surface area contributed by atoms with Gasteiger partial charge in [0.2, 0.25) is 0 Å². The van der Waals surface area contributed by atoms with E-state index in [-0.39, 0.29) is 12.0 Å². The molecule has 5 nitrogen and oxygen atoms in total. The van der Waals surface area contributed by atoms with Crippen LogP contribution in [0.15, 0.2) is 40.9 Å². The lowest BCUT2D eigenvalue weighted by molar-refractivity contribution is 0.0682. The third kappa shape index (κ3) is 4.69. The Labute approximate surface area is 165 Å². The van der Waals surface area contributed by atoms with E-state index in [0.717, 1.165) is 23.9 Å². The molecule has 1 aliphatic rings. The van der Waals surface area contributed by atoms with Gasteiger partial charge in [0, 0.05) is 16.1 Å². The van der Waals surface area contributed by atoms with Crippen molar-refractivity contribution in [2.75, 3.05) is 25.6 Å². The summed E-state index contributed by atoms with van der Waals surface area (Å²) in [6, 6.07) is 10.4. The quantitative estimate of drug-likeness (QED) is 0.692. The summed E-state index contributed by atoms with van der Waals surface area (Å²) in [5, 5.41) is 3.36. The van der Waals surface area contributed by atoms with Crippen LogP contribution in [-0.2, 0) is 4.74 Å². The van der Waals surface area contributed by atoms with Crippen LogP contribution in [-0.4, -0.2) is 32.3 Å². The number of rotatable bonds is 6. The van der Waals surface area contributed by atoms with E-state index < -0.39 is 0 Å². The molecule has 0 bridgehead atoms. The van der Waals surface area contributed by atoms with Gasteiger partial charge in [0.15, 0.2) is 0 Å². The first-order chi connectivity index (χ1) is 12.6. The molecule has 26 heavy (non-hydrogen) atoms. The number of amides is 1. The fourth-order valence-corrected chi connectivity index (χ4v) is 3.26. The van der Waals surface area contributed by atoms with Crippen LogP contribution >= 0.6 is 27.5 Å². The summed E-state index contributed by atoms with van der Waals surface area (Å²) in [5.41, 5.74) is 0.912. The summed E-state index contributed by atoms with van der Waals surface area (Å²) >= 11 is 9.47. The Morgan fingerprint density at radius 2 is 2.12 bits per heavy atom. The highest BCUT2D eigenvalue weighted by molar-refractivity contribution is 9.10. The Hall–Kier alpha value is -1.76. The van der Waals surface area contributed by atoms with E-state index >= 15 is 0 Å². The predicted octanol–water partition coefficient (Wildman–Crippen LogP) is 4.92. The smallest absolute Gasteiger partial charge is 0.259 e. The largest absolute Gasteiger partial charge is 0.496 e. The second-order valence-corrected chi connectivity index (χ2v) is 7.24. The lowest BCUT2D eigenvalue weighted by Crippen LogP contribution is -2.18. The molecular formula is C19H19BrClNO4. The number of carbonyl (C=O) groups excluding carboxylic acids is 1.